The molecule has 6 nitrogen and oxygen atoms in total. The van der Waals surface area contributed by atoms with Crippen molar-refractivity contribution in [2.75, 3.05) is 24.1 Å². The molecule has 0 spiro atoms. The Balaban J connectivity index is 2.17. The zero-order valence-corrected chi connectivity index (χ0v) is 13.2. The number of rotatable bonds is 3. The zero-order chi connectivity index (χ0) is 15.6. The Bertz CT molecular complexity index is 620. The van der Waals surface area contributed by atoms with E-state index >= 15 is 0 Å². The average molecular weight is 312 g/mol. The van der Waals surface area contributed by atoms with Crippen molar-refractivity contribution in [2.24, 2.45) is 0 Å². The lowest BCUT2D eigenvalue weighted by atomic mass is 10.1. The number of hydrogen-bond donors (Lipinski definition) is 1. The summed E-state index contributed by atoms with van der Waals surface area (Å²) in [4.78, 5) is 14.2. The minimum Gasteiger partial charge on any atom is -0.372 e. The van der Waals surface area contributed by atoms with Crippen LogP contribution >= 0.6 is 0 Å². The summed E-state index contributed by atoms with van der Waals surface area (Å²) in [6.07, 6.45) is 1.07. The number of benzene rings is 1. The standard InChI is InChI=1S/C14H20N2O4S/c1-10-8-16(9-11(2)20-10)14(17)12-5-4-6-13(7-12)15-21(3,18)19/h4-7,10-11,15H,8-9H2,1-3H3. The Morgan fingerprint density at radius 2 is 1.90 bits per heavy atom. The molecule has 7 heteroatoms. The smallest absolute Gasteiger partial charge is 0.254 e. The van der Waals surface area contributed by atoms with Crippen LogP contribution < -0.4 is 4.72 Å². The highest BCUT2D eigenvalue weighted by molar-refractivity contribution is 7.92. The highest BCUT2D eigenvalue weighted by Gasteiger charge is 2.26. The van der Waals surface area contributed by atoms with Crippen LogP contribution in [0.3, 0.4) is 0 Å². The topological polar surface area (TPSA) is 75.7 Å². The van der Waals surface area contributed by atoms with Crippen molar-refractivity contribution in [1.82, 2.24) is 4.90 Å². The van der Waals surface area contributed by atoms with Gasteiger partial charge in [-0.2, -0.15) is 0 Å². The third-order valence-corrected chi connectivity index (χ3v) is 3.73. The number of amides is 1. The number of sulfonamides is 1. The summed E-state index contributed by atoms with van der Waals surface area (Å²) in [5, 5.41) is 0. The van der Waals surface area contributed by atoms with Crippen molar-refractivity contribution < 1.29 is 17.9 Å². The van der Waals surface area contributed by atoms with Crippen molar-refractivity contribution in [2.45, 2.75) is 26.1 Å². The number of nitrogens with one attached hydrogen (secondary N) is 1. The first-order valence-corrected chi connectivity index (χ1v) is 8.66. The number of morpholine rings is 1. The molecule has 0 radical (unpaired) electrons. The van der Waals surface area contributed by atoms with Crippen molar-refractivity contribution in [3.05, 3.63) is 29.8 Å². The molecule has 1 aliphatic heterocycles. The summed E-state index contributed by atoms with van der Waals surface area (Å²) in [6, 6.07) is 6.51. The van der Waals surface area contributed by atoms with Crippen LogP contribution in [0.4, 0.5) is 5.69 Å². The Kier molecular flexibility index (Phi) is 4.53. The summed E-state index contributed by atoms with van der Waals surface area (Å²) in [5.74, 6) is -0.117. The first-order valence-electron chi connectivity index (χ1n) is 6.77. The molecule has 116 valence electrons. The van der Waals surface area contributed by atoms with Gasteiger partial charge in [0.2, 0.25) is 10.0 Å². The van der Waals surface area contributed by atoms with Gasteiger partial charge in [-0.25, -0.2) is 8.42 Å². The Morgan fingerprint density at radius 3 is 2.48 bits per heavy atom. The maximum Gasteiger partial charge on any atom is 0.254 e. The Morgan fingerprint density at radius 1 is 1.29 bits per heavy atom. The fourth-order valence-corrected chi connectivity index (χ4v) is 3.01. The van der Waals surface area contributed by atoms with Crippen LogP contribution in [0, 0.1) is 0 Å². The molecule has 0 bridgehead atoms. The van der Waals surface area contributed by atoms with Gasteiger partial charge in [0.1, 0.15) is 0 Å². The summed E-state index contributed by atoms with van der Waals surface area (Å²) in [5.41, 5.74) is 0.850. The van der Waals surface area contributed by atoms with Crippen molar-refractivity contribution >= 4 is 21.6 Å². The average Bonchev–Trinajstić information content (AvgIpc) is 2.35. The first kappa shape index (κ1) is 15.8. The van der Waals surface area contributed by atoms with Crippen LogP contribution in [0.2, 0.25) is 0 Å². The van der Waals surface area contributed by atoms with Gasteiger partial charge in [0, 0.05) is 24.3 Å². The number of carbonyl (C=O) groups excluding carboxylic acids is 1. The lowest BCUT2D eigenvalue weighted by Gasteiger charge is -2.35. The number of nitrogens with zero attached hydrogens (tertiary/aromatic N) is 1. The SMILES string of the molecule is CC1CN(C(=O)c2cccc(NS(C)(=O)=O)c2)CC(C)O1. The molecule has 1 fully saturated rings. The molecule has 2 atom stereocenters. The molecule has 21 heavy (non-hydrogen) atoms. The molecule has 2 rings (SSSR count). The van der Waals surface area contributed by atoms with E-state index in [1.165, 1.54) is 0 Å². The summed E-state index contributed by atoms with van der Waals surface area (Å²) in [6.45, 7) is 4.93. The van der Waals surface area contributed by atoms with E-state index in [1.54, 1.807) is 29.2 Å². The van der Waals surface area contributed by atoms with Gasteiger partial charge in [-0.3, -0.25) is 9.52 Å². The van der Waals surface area contributed by atoms with Gasteiger partial charge >= 0.3 is 0 Å². The van der Waals surface area contributed by atoms with E-state index in [1.807, 2.05) is 13.8 Å². The maximum absolute atomic E-state index is 12.5. The molecule has 1 N–H and O–H groups in total. The minimum atomic E-state index is -3.36. The van der Waals surface area contributed by atoms with E-state index in [0.29, 0.717) is 24.3 Å². The lowest BCUT2D eigenvalue weighted by molar-refractivity contribution is -0.0586. The Hall–Kier alpha value is -1.60. The molecule has 1 aliphatic rings. The maximum atomic E-state index is 12.5. The van der Waals surface area contributed by atoms with E-state index < -0.39 is 10.0 Å². The molecule has 0 aliphatic carbocycles. The number of hydrogen-bond acceptors (Lipinski definition) is 4. The summed E-state index contributed by atoms with van der Waals surface area (Å²) >= 11 is 0. The monoisotopic (exact) mass is 312 g/mol. The second-order valence-electron chi connectivity index (χ2n) is 5.42. The predicted octanol–water partition coefficient (Wildman–Crippen LogP) is 1.31. The largest absolute Gasteiger partial charge is 0.372 e. The van der Waals surface area contributed by atoms with Crippen molar-refractivity contribution in [3.63, 3.8) is 0 Å². The van der Waals surface area contributed by atoms with E-state index in [4.69, 9.17) is 4.74 Å². The van der Waals surface area contributed by atoms with Gasteiger partial charge in [0.15, 0.2) is 0 Å². The molecule has 1 amide bonds. The molecule has 1 aromatic rings. The minimum absolute atomic E-state index is 0.00460. The summed E-state index contributed by atoms with van der Waals surface area (Å²) in [7, 11) is -3.36. The molecule has 1 aromatic carbocycles. The molecular weight excluding hydrogens is 292 g/mol. The number of anilines is 1. The van der Waals surface area contributed by atoms with Gasteiger partial charge in [-0.05, 0) is 32.0 Å². The van der Waals surface area contributed by atoms with Crippen LogP contribution in [0.1, 0.15) is 24.2 Å². The van der Waals surface area contributed by atoms with Crippen molar-refractivity contribution in [1.29, 1.82) is 0 Å². The molecular formula is C14H20N2O4S. The second-order valence-corrected chi connectivity index (χ2v) is 7.17. The van der Waals surface area contributed by atoms with Crippen LogP contribution in [-0.4, -0.2) is 50.8 Å². The molecule has 1 saturated heterocycles. The first-order chi connectivity index (χ1) is 9.74. The van der Waals surface area contributed by atoms with Gasteiger partial charge in [0.25, 0.3) is 5.91 Å². The van der Waals surface area contributed by atoms with Crippen LogP contribution in [0.5, 0.6) is 0 Å². The summed E-state index contributed by atoms with van der Waals surface area (Å²) < 4.78 is 30.5. The fraction of sp³-hybridized carbons (Fsp3) is 0.500. The Labute approximate surface area is 125 Å². The van der Waals surface area contributed by atoms with Crippen LogP contribution in [0.25, 0.3) is 0 Å². The highest BCUT2D eigenvalue weighted by atomic mass is 32.2. The molecule has 0 saturated carbocycles. The van der Waals surface area contributed by atoms with E-state index in [0.717, 1.165) is 6.26 Å². The van der Waals surface area contributed by atoms with Gasteiger partial charge in [0.05, 0.1) is 18.5 Å². The normalized spacial score (nSPS) is 22.9. The van der Waals surface area contributed by atoms with Gasteiger partial charge < -0.3 is 9.64 Å². The number of ether oxygens (including phenoxy) is 1. The third-order valence-electron chi connectivity index (χ3n) is 3.12. The fourth-order valence-electron chi connectivity index (χ4n) is 2.46. The predicted molar refractivity (Wildman–Crippen MR) is 80.8 cm³/mol. The molecule has 0 aromatic heterocycles. The quantitative estimate of drug-likeness (QED) is 0.913. The number of carbonyl (C=O) groups is 1. The second kappa shape index (κ2) is 6.03. The van der Waals surface area contributed by atoms with E-state index in [9.17, 15) is 13.2 Å². The van der Waals surface area contributed by atoms with E-state index in [-0.39, 0.29) is 18.1 Å². The molecule has 1 heterocycles. The third kappa shape index (κ3) is 4.44. The lowest BCUT2D eigenvalue weighted by Crippen LogP contribution is -2.48. The zero-order valence-electron chi connectivity index (χ0n) is 12.4. The highest BCUT2D eigenvalue weighted by Crippen LogP contribution is 2.17. The van der Waals surface area contributed by atoms with Gasteiger partial charge in [-0.15, -0.1) is 0 Å². The van der Waals surface area contributed by atoms with Crippen LogP contribution in [-0.2, 0) is 14.8 Å². The van der Waals surface area contributed by atoms with Gasteiger partial charge in [-0.1, -0.05) is 6.07 Å². The van der Waals surface area contributed by atoms with Crippen molar-refractivity contribution in [3.8, 4) is 0 Å². The van der Waals surface area contributed by atoms with Crippen LogP contribution in [0.15, 0.2) is 24.3 Å². The van der Waals surface area contributed by atoms with E-state index in [2.05, 4.69) is 4.72 Å². The molecule has 2 unspecified atom stereocenters.